The van der Waals surface area contributed by atoms with Gasteiger partial charge in [-0.2, -0.15) is 11.8 Å². The first kappa shape index (κ1) is 25.5. The number of hydrogen-bond acceptors (Lipinski definition) is 9. The number of halogens is 2. The normalized spacial score (nSPS) is 24.2. The molecule has 2 aromatic rings. The van der Waals surface area contributed by atoms with Crippen molar-refractivity contribution in [1.82, 2.24) is 10.2 Å². The van der Waals surface area contributed by atoms with Crippen molar-refractivity contribution in [2.24, 2.45) is 11.7 Å². The van der Waals surface area contributed by atoms with E-state index < -0.39 is 5.56 Å². The zero-order valence-corrected chi connectivity index (χ0v) is 21.5. The van der Waals surface area contributed by atoms with Crippen LogP contribution in [-0.4, -0.2) is 73.9 Å². The van der Waals surface area contributed by atoms with Crippen LogP contribution >= 0.6 is 35.0 Å². The van der Waals surface area contributed by atoms with Gasteiger partial charge in [-0.3, -0.25) is 14.9 Å². The van der Waals surface area contributed by atoms with Gasteiger partial charge in [0.2, 0.25) is 0 Å². The number of nitrogens with zero attached hydrogens (tertiary/aromatic N) is 3. The van der Waals surface area contributed by atoms with Gasteiger partial charge < -0.3 is 14.8 Å². The Bertz CT molecular complexity index is 951. The lowest BCUT2D eigenvalue weighted by atomic mass is 10.1. The summed E-state index contributed by atoms with van der Waals surface area (Å²) in [6.07, 6.45) is 0. The topological polar surface area (TPSA) is 92.2 Å². The number of benzene rings is 2. The first-order chi connectivity index (χ1) is 16.5. The number of alkyl halides is 1. The fourth-order valence-corrected chi connectivity index (χ4v) is 5.69. The maximum Gasteiger partial charge on any atom is 0.195 e. The quantitative estimate of drug-likeness (QED) is 0.410. The monoisotopic (exact) mass is 526 g/mol. The molecule has 0 aromatic heterocycles. The molecule has 3 aliphatic rings. The highest BCUT2D eigenvalue weighted by Gasteiger charge is 2.34. The fourth-order valence-electron chi connectivity index (χ4n) is 4.19. The van der Waals surface area contributed by atoms with Crippen LogP contribution in [0, 0.1) is 0 Å². The minimum absolute atomic E-state index is 0.0142. The number of nitrogens with two attached hydrogens (primary N) is 2. The predicted molar refractivity (Wildman–Crippen MR) is 142 cm³/mol. The van der Waals surface area contributed by atoms with E-state index in [1.165, 1.54) is 11.5 Å². The van der Waals surface area contributed by atoms with Crippen molar-refractivity contribution < 1.29 is 9.47 Å². The van der Waals surface area contributed by atoms with E-state index in [0.717, 1.165) is 43.3 Å². The smallest absolute Gasteiger partial charge is 0.195 e. The van der Waals surface area contributed by atoms with Gasteiger partial charge in [0, 0.05) is 37.7 Å². The second-order valence-electron chi connectivity index (χ2n) is 8.34. The van der Waals surface area contributed by atoms with Crippen molar-refractivity contribution in [2.75, 3.05) is 61.4 Å². The Hall–Kier alpha value is -1.59. The summed E-state index contributed by atoms with van der Waals surface area (Å²) in [5.74, 6) is 16.0. The van der Waals surface area contributed by atoms with Crippen molar-refractivity contribution in [1.29, 1.82) is 0 Å². The summed E-state index contributed by atoms with van der Waals surface area (Å²) < 4.78 is 11.4. The van der Waals surface area contributed by atoms with Crippen LogP contribution in [0.25, 0.3) is 0 Å². The van der Waals surface area contributed by atoms with Crippen LogP contribution < -0.4 is 36.5 Å². The molecule has 5 N–H and O–H groups in total. The number of nitrogens with one attached hydrogen (secondary N) is 1. The Morgan fingerprint density at radius 3 is 2.56 bits per heavy atom. The van der Waals surface area contributed by atoms with Crippen LogP contribution in [0.2, 0.25) is 5.02 Å². The van der Waals surface area contributed by atoms with Gasteiger partial charge in [-0.1, -0.05) is 41.4 Å². The van der Waals surface area contributed by atoms with Crippen molar-refractivity contribution in [2.45, 2.75) is 17.6 Å². The summed E-state index contributed by atoms with van der Waals surface area (Å²) in [5.41, 5.74) is 1.35. The van der Waals surface area contributed by atoms with Gasteiger partial charge in [0.1, 0.15) is 18.4 Å². The summed E-state index contributed by atoms with van der Waals surface area (Å²) in [4.78, 5) is 2.41. The molecule has 0 bridgehead atoms. The maximum absolute atomic E-state index is 6.35. The molecular weight excluding hydrogens is 495 g/mol. The summed E-state index contributed by atoms with van der Waals surface area (Å²) in [5, 5.41) is 7.15. The van der Waals surface area contributed by atoms with E-state index in [-0.39, 0.29) is 12.1 Å². The SMILES string of the molecule is CNCC1COc2c(Cl)cccc2N1N.NN1c2ccccc2OC(Cl)C1CN1CCSCC1. The molecule has 8 nitrogen and oxygen atoms in total. The first-order valence-corrected chi connectivity index (χ1v) is 13.3. The number of hydrazine groups is 2. The van der Waals surface area contributed by atoms with E-state index in [4.69, 9.17) is 44.4 Å². The molecule has 3 unspecified atom stereocenters. The van der Waals surface area contributed by atoms with Gasteiger partial charge in [0.15, 0.2) is 11.3 Å². The number of hydrogen-bond donors (Lipinski definition) is 3. The maximum atomic E-state index is 6.35. The molecule has 5 rings (SSSR count). The number of fused-ring (bicyclic) bond motifs is 2. The van der Waals surface area contributed by atoms with Crippen LogP contribution in [0.4, 0.5) is 11.4 Å². The average Bonchev–Trinajstić information content (AvgIpc) is 2.85. The molecular formula is C23H32Cl2N6O2S. The van der Waals surface area contributed by atoms with Crippen LogP contribution in [0.1, 0.15) is 0 Å². The molecule has 186 valence electrons. The lowest BCUT2D eigenvalue weighted by Crippen LogP contribution is -2.57. The standard InChI is InChI=1S/C13H18ClN3OS.C10H14ClN3O/c14-13-11(9-16-5-7-19-8-6-16)17(15)10-3-1-2-4-12(10)18-13;1-13-5-7-6-15-10-8(11)3-2-4-9(10)14(7)12/h1-4,11,13H,5-9,15H2;2-4,7,13H,5-6,12H2,1H3. The molecule has 3 heterocycles. The van der Waals surface area contributed by atoms with Crippen LogP contribution in [-0.2, 0) is 0 Å². The third-order valence-electron chi connectivity index (χ3n) is 6.07. The van der Waals surface area contributed by atoms with Gasteiger partial charge >= 0.3 is 0 Å². The van der Waals surface area contributed by atoms with Crippen molar-refractivity contribution >= 4 is 46.3 Å². The van der Waals surface area contributed by atoms with E-state index in [9.17, 15) is 0 Å². The summed E-state index contributed by atoms with van der Waals surface area (Å²) in [6.45, 7) is 4.37. The Morgan fingerprint density at radius 2 is 1.79 bits per heavy atom. The number of ether oxygens (including phenoxy) is 2. The average molecular weight is 528 g/mol. The van der Waals surface area contributed by atoms with Crippen molar-refractivity contribution in [3.05, 3.63) is 47.5 Å². The molecule has 3 atom stereocenters. The van der Waals surface area contributed by atoms with Crippen molar-refractivity contribution in [3.63, 3.8) is 0 Å². The predicted octanol–water partition coefficient (Wildman–Crippen LogP) is 2.74. The molecule has 0 radical (unpaired) electrons. The first-order valence-electron chi connectivity index (χ1n) is 11.3. The van der Waals surface area contributed by atoms with E-state index in [0.29, 0.717) is 17.4 Å². The highest BCUT2D eigenvalue weighted by Crippen LogP contribution is 2.38. The lowest BCUT2D eigenvalue weighted by molar-refractivity contribution is 0.179. The summed E-state index contributed by atoms with van der Waals surface area (Å²) in [6, 6.07) is 13.5. The number of anilines is 2. The molecule has 0 amide bonds. The highest BCUT2D eigenvalue weighted by atomic mass is 35.5. The van der Waals surface area contributed by atoms with Gasteiger partial charge in [0.05, 0.1) is 22.4 Å². The van der Waals surface area contributed by atoms with Gasteiger partial charge in [0.25, 0.3) is 0 Å². The zero-order valence-electron chi connectivity index (χ0n) is 19.2. The van der Waals surface area contributed by atoms with E-state index in [2.05, 4.69) is 10.2 Å². The van der Waals surface area contributed by atoms with E-state index in [1.54, 1.807) is 16.1 Å². The zero-order chi connectivity index (χ0) is 24.1. The Labute approximate surface area is 215 Å². The molecule has 0 spiro atoms. The Kier molecular flexibility index (Phi) is 8.92. The van der Waals surface area contributed by atoms with Crippen molar-refractivity contribution in [3.8, 4) is 11.5 Å². The fraction of sp³-hybridized carbons (Fsp3) is 0.478. The molecule has 1 fully saturated rings. The second kappa shape index (κ2) is 11.9. The largest absolute Gasteiger partial charge is 0.488 e. The van der Waals surface area contributed by atoms with Gasteiger partial charge in [-0.25, -0.2) is 11.7 Å². The molecule has 0 aliphatic carbocycles. The Balaban J connectivity index is 0.000000166. The minimum Gasteiger partial charge on any atom is -0.488 e. The summed E-state index contributed by atoms with van der Waals surface area (Å²) >= 11 is 14.4. The van der Waals surface area contributed by atoms with Crippen LogP contribution in [0.15, 0.2) is 42.5 Å². The number of rotatable bonds is 4. The minimum atomic E-state index is -0.408. The van der Waals surface area contributed by atoms with E-state index >= 15 is 0 Å². The van der Waals surface area contributed by atoms with Crippen LogP contribution in [0.3, 0.4) is 0 Å². The van der Waals surface area contributed by atoms with Gasteiger partial charge in [-0.05, 0) is 31.3 Å². The van der Waals surface area contributed by atoms with Gasteiger partial charge in [-0.15, -0.1) is 0 Å². The Morgan fingerprint density at radius 1 is 1.06 bits per heavy atom. The second-order valence-corrected chi connectivity index (χ2v) is 10.4. The molecule has 3 aliphatic heterocycles. The molecule has 2 aromatic carbocycles. The molecule has 1 saturated heterocycles. The third-order valence-corrected chi connectivity index (χ3v) is 7.69. The molecule has 0 saturated carbocycles. The third kappa shape index (κ3) is 5.79. The highest BCUT2D eigenvalue weighted by molar-refractivity contribution is 7.99. The molecule has 11 heteroatoms. The summed E-state index contributed by atoms with van der Waals surface area (Å²) in [7, 11) is 1.89. The number of para-hydroxylation sites is 3. The molecule has 34 heavy (non-hydrogen) atoms. The number of likely N-dealkylation sites (N-methyl/N-ethyl adjacent to an activating group) is 1. The van der Waals surface area contributed by atoms with Crippen LogP contribution in [0.5, 0.6) is 11.5 Å². The van der Waals surface area contributed by atoms with E-state index in [1.807, 2.05) is 55.2 Å². The number of thioether (sulfide) groups is 1. The lowest BCUT2D eigenvalue weighted by Gasteiger charge is -2.41.